The average molecular weight is 461 g/mol. The lowest BCUT2D eigenvalue weighted by atomic mass is 9.83. The molecule has 176 valence electrons. The summed E-state index contributed by atoms with van der Waals surface area (Å²) in [7, 11) is 1.67. The minimum Gasteiger partial charge on any atom is -0.380 e. The smallest absolute Gasteiger partial charge is 0.255 e. The van der Waals surface area contributed by atoms with Crippen LogP contribution in [0.25, 0.3) is 0 Å². The minimum atomic E-state index is -0.878. The number of carbonyl (C=O) groups excluding carboxylic acids is 2. The number of nitriles is 1. The summed E-state index contributed by atoms with van der Waals surface area (Å²) in [5.41, 5.74) is 1.22. The van der Waals surface area contributed by atoms with Crippen LogP contribution in [0, 0.1) is 29.6 Å². The summed E-state index contributed by atoms with van der Waals surface area (Å²) in [6.45, 7) is 3.68. The predicted octanol–water partition coefficient (Wildman–Crippen LogP) is 3.05. The molecule has 5 rings (SSSR count). The molecule has 34 heavy (non-hydrogen) atoms. The molecule has 2 saturated heterocycles. The zero-order valence-corrected chi connectivity index (χ0v) is 19.5. The number of amides is 2. The van der Waals surface area contributed by atoms with Gasteiger partial charge in [0.1, 0.15) is 17.1 Å². The number of ether oxygens (including phenoxy) is 1. The van der Waals surface area contributed by atoms with Crippen LogP contribution in [0.3, 0.4) is 0 Å². The first-order chi connectivity index (χ1) is 16.4. The number of hydrogen-bond donors (Lipinski definition) is 1. The van der Waals surface area contributed by atoms with Crippen LogP contribution in [-0.4, -0.2) is 59.5 Å². The number of aromatic nitrogens is 2. The SMILES string of the molecule is CO[C@H]1CCN(C(=O)c2cnc(Nc3cc(N4CC[C@@](C#N)(C5CC5)C4=O)ccn3)cc2C)C1. The molecule has 0 radical (unpaired) electrons. The predicted molar refractivity (Wildman–Crippen MR) is 126 cm³/mol. The van der Waals surface area contributed by atoms with Crippen molar-refractivity contribution in [2.24, 2.45) is 11.3 Å². The van der Waals surface area contributed by atoms with E-state index in [1.54, 1.807) is 41.4 Å². The summed E-state index contributed by atoms with van der Waals surface area (Å²) in [4.78, 5) is 38.3. The molecule has 9 heteroatoms. The monoisotopic (exact) mass is 460 g/mol. The van der Waals surface area contributed by atoms with Crippen LogP contribution in [0.15, 0.2) is 30.6 Å². The molecule has 9 nitrogen and oxygen atoms in total. The van der Waals surface area contributed by atoms with Gasteiger partial charge in [0.25, 0.3) is 5.91 Å². The minimum absolute atomic E-state index is 0.0413. The number of rotatable bonds is 6. The number of likely N-dealkylation sites (tertiary alicyclic amines) is 1. The Morgan fingerprint density at radius 1 is 1.24 bits per heavy atom. The third-order valence-corrected chi connectivity index (χ3v) is 7.25. The molecular weight excluding hydrogens is 432 g/mol. The van der Waals surface area contributed by atoms with Crippen molar-refractivity contribution in [2.45, 2.75) is 38.7 Å². The fourth-order valence-corrected chi connectivity index (χ4v) is 5.04. The summed E-state index contributed by atoms with van der Waals surface area (Å²) in [6, 6.07) is 7.72. The Bertz CT molecular complexity index is 1170. The van der Waals surface area contributed by atoms with Crippen LogP contribution in [0.1, 0.15) is 41.6 Å². The van der Waals surface area contributed by atoms with Gasteiger partial charge in [0.05, 0.1) is 17.7 Å². The van der Waals surface area contributed by atoms with E-state index in [0.717, 1.165) is 24.8 Å². The highest BCUT2D eigenvalue weighted by molar-refractivity contribution is 6.02. The first kappa shape index (κ1) is 22.3. The second-order valence-electron chi connectivity index (χ2n) is 9.37. The number of hydrogen-bond acceptors (Lipinski definition) is 7. The lowest BCUT2D eigenvalue weighted by molar-refractivity contribution is -0.123. The molecule has 2 aromatic rings. The molecule has 2 amide bonds. The Morgan fingerprint density at radius 3 is 2.71 bits per heavy atom. The molecule has 1 aliphatic carbocycles. The Balaban J connectivity index is 1.30. The van der Waals surface area contributed by atoms with Gasteiger partial charge < -0.3 is 19.9 Å². The van der Waals surface area contributed by atoms with Crippen molar-refractivity contribution >= 4 is 29.1 Å². The molecule has 3 aliphatic rings. The quantitative estimate of drug-likeness (QED) is 0.705. The molecule has 0 spiro atoms. The summed E-state index contributed by atoms with van der Waals surface area (Å²) < 4.78 is 5.36. The van der Waals surface area contributed by atoms with Crippen LogP contribution < -0.4 is 10.2 Å². The van der Waals surface area contributed by atoms with Gasteiger partial charge in [-0.1, -0.05) is 0 Å². The number of nitrogens with one attached hydrogen (secondary N) is 1. The van der Waals surface area contributed by atoms with Crippen LogP contribution in [-0.2, 0) is 9.53 Å². The number of methoxy groups -OCH3 is 1. The van der Waals surface area contributed by atoms with Crippen molar-refractivity contribution in [1.29, 1.82) is 5.26 Å². The lowest BCUT2D eigenvalue weighted by Crippen LogP contribution is -2.35. The zero-order chi connectivity index (χ0) is 23.9. The number of aryl methyl sites for hydroxylation is 1. The third-order valence-electron chi connectivity index (χ3n) is 7.25. The number of carbonyl (C=O) groups is 2. The van der Waals surface area contributed by atoms with Gasteiger partial charge in [-0.25, -0.2) is 9.97 Å². The number of nitrogens with zero attached hydrogens (tertiary/aromatic N) is 5. The van der Waals surface area contributed by atoms with E-state index in [1.807, 2.05) is 13.0 Å². The molecule has 2 aliphatic heterocycles. The van der Waals surface area contributed by atoms with Crippen molar-refractivity contribution in [3.8, 4) is 6.07 Å². The molecular formula is C25H28N6O3. The van der Waals surface area contributed by atoms with Crippen molar-refractivity contribution < 1.29 is 14.3 Å². The molecule has 3 fully saturated rings. The van der Waals surface area contributed by atoms with E-state index in [-0.39, 0.29) is 23.8 Å². The van der Waals surface area contributed by atoms with E-state index in [2.05, 4.69) is 21.4 Å². The highest BCUT2D eigenvalue weighted by Gasteiger charge is 2.56. The van der Waals surface area contributed by atoms with Gasteiger partial charge in [0.2, 0.25) is 5.91 Å². The third kappa shape index (κ3) is 3.88. The fraction of sp³-hybridized carbons (Fsp3) is 0.480. The van der Waals surface area contributed by atoms with Crippen molar-refractivity contribution in [3.05, 3.63) is 41.7 Å². The summed E-state index contributed by atoms with van der Waals surface area (Å²) >= 11 is 0. The Kier molecular flexibility index (Phi) is 5.70. The number of pyridine rings is 2. The van der Waals surface area contributed by atoms with Crippen molar-refractivity contribution in [3.63, 3.8) is 0 Å². The standard InChI is InChI=1S/C25H28N6O3/c1-16-11-21(28-13-20(16)23(32)30-9-6-19(14-30)34-2)29-22-12-18(5-8-27-22)31-10-7-25(15-26,24(31)33)17-3-4-17/h5,8,11-13,17,19H,3-4,6-7,9-10,14H2,1-2H3,(H,27,28,29)/t19-,25+/m0/s1. The second kappa shape index (κ2) is 8.69. The molecule has 2 aromatic heterocycles. The Hall–Kier alpha value is -3.51. The normalized spacial score (nSPS) is 24.4. The van der Waals surface area contributed by atoms with Gasteiger partial charge in [-0.2, -0.15) is 5.26 Å². The van der Waals surface area contributed by atoms with Gasteiger partial charge in [-0.3, -0.25) is 9.59 Å². The van der Waals surface area contributed by atoms with E-state index in [9.17, 15) is 14.9 Å². The number of anilines is 3. The summed E-state index contributed by atoms with van der Waals surface area (Å²) in [5.74, 6) is 1.14. The first-order valence-electron chi connectivity index (χ1n) is 11.7. The molecule has 0 aromatic carbocycles. The highest BCUT2D eigenvalue weighted by atomic mass is 16.5. The maximum Gasteiger partial charge on any atom is 0.255 e. The van der Waals surface area contributed by atoms with Crippen LogP contribution in [0.4, 0.5) is 17.3 Å². The van der Waals surface area contributed by atoms with E-state index in [1.165, 1.54) is 0 Å². The van der Waals surface area contributed by atoms with Gasteiger partial charge in [0.15, 0.2) is 0 Å². The largest absolute Gasteiger partial charge is 0.380 e. The topological polar surface area (TPSA) is 111 Å². The molecule has 0 bridgehead atoms. The van der Waals surface area contributed by atoms with Gasteiger partial charge in [-0.05, 0) is 56.2 Å². The van der Waals surface area contributed by atoms with E-state index in [4.69, 9.17) is 4.74 Å². The lowest BCUT2D eigenvalue weighted by Gasteiger charge is -2.21. The maximum absolute atomic E-state index is 13.1. The molecule has 1 N–H and O–H groups in total. The fourth-order valence-electron chi connectivity index (χ4n) is 5.04. The molecule has 1 saturated carbocycles. The summed E-state index contributed by atoms with van der Waals surface area (Å²) in [5, 5.41) is 12.9. The van der Waals surface area contributed by atoms with E-state index in [0.29, 0.717) is 48.9 Å². The van der Waals surface area contributed by atoms with Gasteiger partial charge in [0, 0.05) is 50.9 Å². The van der Waals surface area contributed by atoms with Gasteiger partial charge in [-0.15, -0.1) is 0 Å². The highest BCUT2D eigenvalue weighted by Crippen LogP contribution is 2.51. The molecule has 4 heterocycles. The average Bonchev–Trinajstić information content (AvgIpc) is 3.48. The van der Waals surface area contributed by atoms with Gasteiger partial charge >= 0.3 is 0 Å². The van der Waals surface area contributed by atoms with Crippen LogP contribution in [0.5, 0.6) is 0 Å². The Morgan fingerprint density at radius 2 is 2.03 bits per heavy atom. The summed E-state index contributed by atoms with van der Waals surface area (Å²) in [6.07, 6.45) is 6.61. The first-order valence-corrected chi connectivity index (χ1v) is 11.7. The molecule has 0 unspecified atom stereocenters. The Labute approximate surface area is 198 Å². The van der Waals surface area contributed by atoms with Crippen LogP contribution in [0.2, 0.25) is 0 Å². The van der Waals surface area contributed by atoms with Crippen molar-refractivity contribution in [2.75, 3.05) is 37.0 Å². The maximum atomic E-state index is 13.1. The van der Waals surface area contributed by atoms with Crippen molar-refractivity contribution in [1.82, 2.24) is 14.9 Å². The van der Waals surface area contributed by atoms with Crippen LogP contribution >= 0.6 is 0 Å². The van der Waals surface area contributed by atoms with E-state index >= 15 is 0 Å². The van der Waals surface area contributed by atoms with E-state index < -0.39 is 5.41 Å². The second-order valence-corrected chi connectivity index (χ2v) is 9.37. The molecule has 2 atom stereocenters. The zero-order valence-electron chi connectivity index (χ0n) is 19.5.